The predicted molar refractivity (Wildman–Crippen MR) is 77.8 cm³/mol. The monoisotopic (exact) mass is 264 g/mol. The van der Waals surface area contributed by atoms with Crippen LogP contribution in [0.1, 0.15) is 65.7 Å². The van der Waals surface area contributed by atoms with Crippen molar-refractivity contribution in [2.75, 3.05) is 0 Å². The molecule has 4 unspecified atom stereocenters. The Balaban J connectivity index is 2.27. The fourth-order valence-electron chi connectivity index (χ4n) is 4.55. The molecule has 0 spiro atoms. The van der Waals surface area contributed by atoms with Crippen molar-refractivity contribution in [1.82, 2.24) is 0 Å². The molecular formula is C17H28O2. The van der Waals surface area contributed by atoms with E-state index < -0.39 is 0 Å². The Hall–Kier alpha value is -0.790. The second-order valence-electron chi connectivity index (χ2n) is 6.47. The molecule has 0 amide bonds. The van der Waals surface area contributed by atoms with Gasteiger partial charge in [0.05, 0.1) is 0 Å². The quantitative estimate of drug-likeness (QED) is 0.552. The maximum absolute atomic E-state index is 12.1. The third-order valence-corrected chi connectivity index (χ3v) is 5.49. The zero-order chi connectivity index (χ0) is 14.0. The fourth-order valence-corrected chi connectivity index (χ4v) is 4.55. The number of carbonyl (C=O) groups is 1. The largest absolute Gasteiger partial charge is 0.455 e. The number of hydrogen-bond donors (Lipinski definition) is 0. The zero-order valence-electron chi connectivity index (χ0n) is 12.7. The van der Waals surface area contributed by atoms with Gasteiger partial charge in [-0.1, -0.05) is 39.7 Å². The topological polar surface area (TPSA) is 26.3 Å². The molecule has 0 aromatic heterocycles. The van der Waals surface area contributed by atoms with Gasteiger partial charge in [-0.3, -0.25) is 0 Å². The first-order valence-electron chi connectivity index (χ1n) is 7.94. The first-order valence-corrected chi connectivity index (χ1v) is 7.94. The smallest absolute Gasteiger partial charge is 0.333 e. The summed E-state index contributed by atoms with van der Waals surface area (Å²) in [5.74, 6) is 1.71. The minimum absolute atomic E-state index is 0.188. The van der Waals surface area contributed by atoms with Crippen LogP contribution in [-0.2, 0) is 9.53 Å². The van der Waals surface area contributed by atoms with Crippen molar-refractivity contribution in [3.63, 3.8) is 0 Å². The number of ether oxygens (including phenoxy) is 1. The molecule has 0 aromatic carbocycles. The van der Waals surface area contributed by atoms with Crippen LogP contribution in [0.25, 0.3) is 0 Å². The van der Waals surface area contributed by atoms with Crippen molar-refractivity contribution in [3.05, 3.63) is 12.2 Å². The Kier molecular flexibility index (Phi) is 4.37. The van der Waals surface area contributed by atoms with Gasteiger partial charge in [-0.05, 0) is 44.4 Å². The fraction of sp³-hybridized carbons (Fsp3) is 0.824. The Bertz CT molecular complexity index is 360. The van der Waals surface area contributed by atoms with Crippen LogP contribution in [0.2, 0.25) is 0 Å². The zero-order valence-corrected chi connectivity index (χ0v) is 12.7. The lowest BCUT2D eigenvalue weighted by molar-refractivity contribution is -0.167. The molecule has 0 heterocycles. The number of esters is 1. The van der Waals surface area contributed by atoms with Crippen molar-refractivity contribution in [2.24, 2.45) is 17.8 Å². The van der Waals surface area contributed by atoms with Crippen LogP contribution in [-0.4, -0.2) is 11.6 Å². The van der Waals surface area contributed by atoms with Crippen LogP contribution < -0.4 is 0 Å². The van der Waals surface area contributed by atoms with Gasteiger partial charge in [-0.15, -0.1) is 0 Å². The molecule has 2 aliphatic carbocycles. The molecule has 108 valence electrons. The van der Waals surface area contributed by atoms with Crippen LogP contribution in [0.3, 0.4) is 0 Å². The van der Waals surface area contributed by atoms with E-state index in [9.17, 15) is 4.79 Å². The molecule has 0 saturated heterocycles. The first-order chi connectivity index (χ1) is 9.05. The molecule has 0 radical (unpaired) electrons. The minimum atomic E-state index is -0.212. The van der Waals surface area contributed by atoms with E-state index >= 15 is 0 Å². The lowest BCUT2D eigenvalue weighted by Crippen LogP contribution is -2.45. The third-order valence-electron chi connectivity index (χ3n) is 5.49. The summed E-state index contributed by atoms with van der Waals surface area (Å²) < 4.78 is 6.04. The highest BCUT2D eigenvalue weighted by atomic mass is 16.6. The van der Waals surface area contributed by atoms with Crippen LogP contribution in [0.15, 0.2) is 12.2 Å². The predicted octanol–water partition coefficient (Wildman–Crippen LogP) is 4.49. The van der Waals surface area contributed by atoms with Crippen LogP contribution in [0.4, 0.5) is 0 Å². The Morgan fingerprint density at radius 3 is 2.58 bits per heavy atom. The SMILES string of the molecule is C=C(C)C(=O)OC1(CC)C(CC)CC2CCCCC21. The summed E-state index contributed by atoms with van der Waals surface area (Å²) in [5, 5.41) is 0. The summed E-state index contributed by atoms with van der Waals surface area (Å²) in [5.41, 5.74) is 0.317. The molecule has 4 atom stereocenters. The lowest BCUT2D eigenvalue weighted by atomic mass is 9.73. The van der Waals surface area contributed by atoms with Gasteiger partial charge in [-0.25, -0.2) is 4.79 Å². The Morgan fingerprint density at radius 2 is 2.00 bits per heavy atom. The number of carbonyl (C=O) groups excluding carboxylic acids is 1. The van der Waals surface area contributed by atoms with Gasteiger partial charge < -0.3 is 4.74 Å². The van der Waals surface area contributed by atoms with E-state index in [0.29, 0.717) is 17.4 Å². The van der Waals surface area contributed by atoms with Gasteiger partial charge in [0.2, 0.25) is 0 Å². The molecule has 0 aliphatic heterocycles. The van der Waals surface area contributed by atoms with E-state index in [-0.39, 0.29) is 11.6 Å². The summed E-state index contributed by atoms with van der Waals surface area (Å²) >= 11 is 0. The third kappa shape index (κ3) is 2.46. The second-order valence-corrected chi connectivity index (χ2v) is 6.47. The summed E-state index contributed by atoms with van der Waals surface area (Å²) in [4.78, 5) is 12.1. The average Bonchev–Trinajstić information content (AvgIpc) is 2.73. The number of fused-ring (bicyclic) bond motifs is 1. The molecule has 2 saturated carbocycles. The molecule has 0 N–H and O–H groups in total. The van der Waals surface area contributed by atoms with Gasteiger partial charge in [0, 0.05) is 11.5 Å². The van der Waals surface area contributed by atoms with Crippen LogP contribution in [0, 0.1) is 17.8 Å². The van der Waals surface area contributed by atoms with Crippen molar-refractivity contribution in [1.29, 1.82) is 0 Å². The highest BCUT2D eigenvalue weighted by molar-refractivity contribution is 5.87. The summed E-state index contributed by atoms with van der Waals surface area (Å²) in [6, 6.07) is 0. The van der Waals surface area contributed by atoms with E-state index in [1.807, 2.05) is 0 Å². The standard InChI is InChI=1S/C17H28O2/c1-5-14-11-13-9-7-8-10-15(13)17(14,6-2)19-16(18)12(3)4/h13-15H,3,5-11H2,1-2,4H3. The van der Waals surface area contributed by atoms with Gasteiger partial charge >= 0.3 is 5.97 Å². The van der Waals surface area contributed by atoms with E-state index in [1.54, 1.807) is 6.92 Å². The molecule has 2 rings (SSSR count). The van der Waals surface area contributed by atoms with E-state index in [0.717, 1.165) is 18.8 Å². The number of rotatable bonds is 4. The molecule has 0 aromatic rings. The molecule has 2 heteroatoms. The molecule has 19 heavy (non-hydrogen) atoms. The van der Waals surface area contributed by atoms with Crippen LogP contribution >= 0.6 is 0 Å². The minimum Gasteiger partial charge on any atom is -0.455 e. The van der Waals surface area contributed by atoms with Gasteiger partial charge in [-0.2, -0.15) is 0 Å². The Labute approximate surface area is 117 Å². The van der Waals surface area contributed by atoms with Gasteiger partial charge in [0.1, 0.15) is 5.60 Å². The molecule has 2 aliphatic rings. The van der Waals surface area contributed by atoms with Crippen LogP contribution in [0.5, 0.6) is 0 Å². The average molecular weight is 264 g/mol. The van der Waals surface area contributed by atoms with Crippen molar-refractivity contribution >= 4 is 5.97 Å². The van der Waals surface area contributed by atoms with Crippen molar-refractivity contribution in [3.8, 4) is 0 Å². The lowest BCUT2D eigenvalue weighted by Gasteiger charge is -2.41. The first kappa shape index (κ1) is 14.6. The molecular weight excluding hydrogens is 236 g/mol. The maximum Gasteiger partial charge on any atom is 0.333 e. The maximum atomic E-state index is 12.1. The van der Waals surface area contributed by atoms with Gasteiger partial charge in [0.25, 0.3) is 0 Å². The Morgan fingerprint density at radius 1 is 1.32 bits per heavy atom. The second kappa shape index (κ2) is 5.68. The van der Waals surface area contributed by atoms with Gasteiger partial charge in [0.15, 0.2) is 0 Å². The summed E-state index contributed by atoms with van der Waals surface area (Å²) in [6.45, 7) is 9.92. The normalized spacial score (nSPS) is 37.7. The summed E-state index contributed by atoms with van der Waals surface area (Å²) in [7, 11) is 0. The molecule has 2 fully saturated rings. The highest BCUT2D eigenvalue weighted by Gasteiger charge is 2.55. The summed E-state index contributed by atoms with van der Waals surface area (Å²) in [6.07, 6.45) is 8.52. The van der Waals surface area contributed by atoms with Crippen molar-refractivity contribution < 1.29 is 9.53 Å². The van der Waals surface area contributed by atoms with E-state index in [1.165, 1.54) is 32.1 Å². The van der Waals surface area contributed by atoms with E-state index in [2.05, 4.69) is 20.4 Å². The molecule has 0 bridgehead atoms. The molecule has 2 nitrogen and oxygen atoms in total. The number of hydrogen-bond acceptors (Lipinski definition) is 2. The highest BCUT2D eigenvalue weighted by Crippen LogP contribution is 2.55. The van der Waals surface area contributed by atoms with E-state index in [4.69, 9.17) is 4.74 Å². The van der Waals surface area contributed by atoms with Crippen molar-refractivity contribution in [2.45, 2.75) is 71.3 Å².